The van der Waals surface area contributed by atoms with E-state index in [4.69, 9.17) is 10.5 Å². The maximum atomic E-state index is 12.0. The molecule has 1 saturated heterocycles. The second-order valence-electron chi connectivity index (χ2n) is 6.14. The van der Waals surface area contributed by atoms with E-state index in [0.717, 1.165) is 12.8 Å². The van der Waals surface area contributed by atoms with Crippen LogP contribution in [0.15, 0.2) is 23.5 Å². The van der Waals surface area contributed by atoms with E-state index >= 15 is 0 Å². The average Bonchev–Trinajstić information content (AvgIpc) is 2.91. The van der Waals surface area contributed by atoms with Gasteiger partial charge in [0, 0.05) is 25.5 Å². The highest BCUT2D eigenvalue weighted by molar-refractivity contribution is 5.79. The van der Waals surface area contributed by atoms with Crippen LogP contribution in [-0.2, 0) is 4.74 Å². The normalized spacial score (nSPS) is 17.9. The lowest BCUT2D eigenvalue weighted by atomic mass is 10.1. The third-order valence-electron chi connectivity index (χ3n) is 3.17. The fourth-order valence-electron chi connectivity index (χ4n) is 2.15. The number of hydrogen-bond acceptors (Lipinski definition) is 4. The number of ether oxygens (including phenoxy) is 1. The molecule has 1 aliphatic heterocycles. The van der Waals surface area contributed by atoms with Crippen molar-refractivity contribution in [3.63, 3.8) is 0 Å². The first-order valence-corrected chi connectivity index (χ1v) is 7.16. The van der Waals surface area contributed by atoms with E-state index in [9.17, 15) is 4.79 Å². The molecule has 0 spiro atoms. The van der Waals surface area contributed by atoms with Crippen LogP contribution in [0.5, 0.6) is 0 Å². The molecule has 2 N–H and O–H groups in total. The molecule has 1 aromatic heterocycles. The molecule has 2 heterocycles. The predicted molar refractivity (Wildman–Crippen MR) is 80.1 cm³/mol. The molecular formula is C14H23N5O2. The fraction of sp³-hybridized carbons (Fsp3) is 0.643. The highest BCUT2D eigenvalue weighted by atomic mass is 16.6. The number of aromatic nitrogens is 2. The molecule has 0 bridgehead atoms. The Bertz CT molecular complexity index is 496. The van der Waals surface area contributed by atoms with Gasteiger partial charge in [-0.2, -0.15) is 5.10 Å². The van der Waals surface area contributed by atoms with Crippen molar-refractivity contribution in [2.45, 2.75) is 45.3 Å². The van der Waals surface area contributed by atoms with Crippen LogP contribution in [0.4, 0.5) is 4.79 Å². The maximum absolute atomic E-state index is 12.0. The number of nitrogens with zero attached hydrogens (tertiary/aromatic N) is 4. The van der Waals surface area contributed by atoms with Crippen LogP contribution in [0.25, 0.3) is 0 Å². The number of nitrogens with two attached hydrogens (primary N) is 1. The zero-order valence-electron chi connectivity index (χ0n) is 12.8. The molecule has 1 aliphatic rings. The fourth-order valence-corrected chi connectivity index (χ4v) is 2.15. The summed E-state index contributed by atoms with van der Waals surface area (Å²) >= 11 is 0. The Morgan fingerprint density at radius 2 is 2.05 bits per heavy atom. The SMILES string of the molecule is CC(C)(C)OC(=O)N1CCC(N=C(N)n2cccn2)CC1. The Morgan fingerprint density at radius 3 is 2.57 bits per heavy atom. The molecule has 2 rings (SSSR count). The molecule has 0 saturated carbocycles. The third kappa shape index (κ3) is 4.47. The molecule has 0 unspecified atom stereocenters. The van der Waals surface area contributed by atoms with Crippen molar-refractivity contribution in [1.29, 1.82) is 0 Å². The quantitative estimate of drug-likeness (QED) is 0.627. The molecule has 0 radical (unpaired) electrons. The van der Waals surface area contributed by atoms with Crippen molar-refractivity contribution in [2.24, 2.45) is 10.7 Å². The predicted octanol–water partition coefficient (Wildman–Crippen LogP) is 1.45. The minimum absolute atomic E-state index is 0.118. The summed E-state index contributed by atoms with van der Waals surface area (Å²) in [5, 5.41) is 4.04. The molecule has 0 atom stereocenters. The van der Waals surface area contributed by atoms with Gasteiger partial charge in [0.2, 0.25) is 5.96 Å². The van der Waals surface area contributed by atoms with Gasteiger partial charge in [0.1, 0.15) is 5.60 Å². The van der Waals surface area contributed by atoms with Gasteiger partial charge < -0.3 is 15.4 Å². The summed E-state index contributed by atoms with van der Waals surface area (Å²) in [6, 6.07) is 1.92. The van der Waals surface area contributed by atoms with Crippen molar-refractivity contribution < 1.29 is 9.53 Å². The summed E-state index contributed by atoms with van der Waals surface area (Å²) in [6.07, 6.45) is 4.72. The van der Waals surface area contributed by atoms with E-state index < -0.39 is 5.60 Å². The summed E-state index contributed by atoms with van der Waals surface area (Å²) in [6.45, 7) is 6.87. The van der Waals surface area contributed by atoms with Gasteiger partial charge in [-0.3, -0.25) is 0 Å². The Kier molecular flexibility index (Phi) is 4.50. The lowest BCUT2D eigenvalue weighted by Crippen LogP contribution is -2.43. The van der Waals surface area contributed by atoms with Crippen molar-refractivity contribution >= 4 is 12.1 Å². The van der Waals surface area contributed by atoms with E-state index in [0.29, 0.717) is 19.0 Å². The zero-order valence-corrected chi connectivity index (χ0v) is 12.8. The van der Waals surface area contributed by atoms with E-state index in [1.165, 1.54) is 0 Å². The number of carbonyl (C=O) groups is 1. The van der Waals surface area contributed by atoms with Gasteiger partial charge >= 0.3 is 6.09 Å². The van der Waals surface area contributed by atoms with Crippen LogP contribution in [-0.4, -0.2) is 51.5 Å². The molecule has 7 heteroatoms. The second-order valence-corrected chi connectivity index (χ2v) is 6.14. The summed E-state index contributed by atoms with van der Waals surface area (Å²) in [7, 11) is 0. The molecule has 1 amide bonds. The van der Waals surface area contributed by atoms with Crippen LogP contribution in [0.3, 0.4) is 0 Å². The van der Waals surface area contributed by atoms with Crippen LogP contribution in [0.1, 0.15) is 33.6 Å². The Balaban J connectivity index is 1.86. The first kappa shape index (κ1) is 15.3. The Hall–Kier alpha value is -2.05. The monoisotopic (exact) mass is 293 g/mol. The van der Waals surface area contributed by atoms with Gasteiger partial charge in [0.05, 0.1) is 6.04 Å². The lowest BCUT2D eigenvalue weighted by Gasteiger charge is -2.32. The topological polar surface area (TPSA) is 85.7 Å². The lowest BCUT2D eigenvalue weighted by molar-refractivity contribution is 0.0207. The van der Waals surface area contributed by atoms with E-state index in [1.54, 1.807) is 28.0 Å². The van der Waals surface area contributed by atoms with Gasteiger partial charge in [-0.25, -0.2) is 14.5 Å². The number of hydrogen-bond donors (Lipinski definition) is 1. The molecule has 1 aromatic rings. The smallest absolute Gasteiger partial charge is 0.410 e. The number of amides is 1. The third-order valence-corrected chi connectivity index (χ3v) is 3.17. The first-order chi connectivity index (χ1) is 9.85. The van der Waals surface area contributed by atoms with E-state index in [-0.39, 0.29) is 12.1 Å². The molecule has 0 aromatic carbocycles. The molecule has 116 valence electrons. The largest absolute Gasteiger partial charge is 0.444 e. The molecule has 21 heavy (non-hydrogen) atoms. The van der Waals surface area contributed by atoms with E-state index in [2.05, 4.69) is 10.1 Å². The number of aliphatic imine (C=N–C) groups is 1. The second kappa shape index (κ2) is 6.15. The standard InChI is InChI=1S/C14H23N5O2/c1-14(2,3)21-13(20)18-9-5-11(6-10-18)17-12(15)19-8-4-7-16-19/h4,7-8,11H,5-6,9-10H2,1-3H3,(H2,15,17). The number of piperidine rings is 1. The summed E-state index contributed by atoms with van der Waals surface area (Å²) in [4.78, 5) is 18.1. The number of carbonyl (C=O) groups excluding carboxylic acids is 1. The van der Waals surface area contributed by atoms with Crippen LogP contribution in [0.2, 0.25) is 0 Å². The summed E-state index contributed by atoms with van der Waals surface area (Å²) in [5.74, 6) is 0.385. The van der Waals surface area contributed by atoms with Crippen molar-refractivity contribution in [1.82, 2.24) is 14.7 Å². The summed E-state index contributed by atoms with van der Waals surface area (Å²) < 4.78 is 6.91. The van der Waals surface area contributed by atoms with Crippen molar-refractivity contribution in [3.05, 3.63) is 18.5 Å². The van der Waals surface area contributed by atoms with Crippen LogP contribution in [0, 0.1) is 0 Å². The molecule has 7 nitrogen and oxygen atoms in total. The molecular weight excluding hydrogens is 270 g/mol. The van der Waals surface area contributed by atoms with Gasteiger partial charge in [0.15, 0.2) is 0 Å². The van der Waals surface area contributed by atoms with Gasteiger partial charge in [-0.1, -0.05) is 0 Å². The Labute approximate surface area is 124 Å². The van der Waals surface area contributed by atoms with Gasteiger partial charge in [-0.05, 0) is 39.7 Å². The average molecular weight is 293 g/mol. The zero-order chi connectivity index (χ0) is 15.5. The Morgan fingerprint density at radius 1 is 1.38 bits per heavy atom. The maximum Gasteiger partial charge on any atom is 0.410 e. The number of rotatable bonds is 1. The highest BCUT2D eigenvalue weighted by Gasteiger charge is 2.26. The van der Waals surface area contributed by atoms with E-state index in [1.807, 2.05) is 20.8 Å². The van der Waals surface area contributed by atoms with Gasteiger partial charge in [-0.15, -0.1) is 0 Å². The molecule has 0 aliphatic carbocycles. The van der Waals surface area contributed by atoms with Crippen LogP contribution >= 0.6 is 0 Å². The summed E-state index contributed by atoms with van der Waals surface area (Å²) in [5.41, 5.74) is 5.43. The van der Waals surface area contributed by atoms with Gasteiger partial charge in [0.25, 0.3) is 0 Å². The van der Waals surface area contributed by atoms with Crippen LogP contribution < -0.4 is 5.73 Å². The van der Waals surface area contributed by atoms with Crippen molar-refractivity contribution in [2.75, 3.05) is 13.1 Å². The van der Waals surface area contributed by atoms with Crippen molar-refractivity contribution in [3.8, 4) is 0 Å². The minimum atomic E-state index is -0.462. The minimum Gasteiger partial charge on any atom is -0.444 e. The number of likely N-dealkylation sites (tertiary alicyclic amines) is 1. The molecule has 1 fully saturated rings. The first-order valence-electron chi connectivity index (χ1n) is 7.16. The highest BCUT2D eigenvalue weighted by Crippen LogP contribution is 2.17.